The highest BCUT2D eigenvalue weighted by Gasteiger charge is 2.28. The van der Waals surface area contributed by atoms with Gasteiger partial charge in [0.25, 0.3) is 0 Å². The summed E-state index contributed by atoms with van der Waals surface area (Å²) in [6.45, 7) is 4.53. The Balaban J connectivity index is 2.07. The zero-order chi connectivity index (χ0) is 14.7. The molecule has 5 heteroatoms. The number of nitrogens with zero attached hydrogens (tertiary/aromatic N) is 1. The van der Waals surface area contributed by atoms with Gasteiger partial charge in [-0.15, -0.1) is 0 Å². The molecular formula is C15H21N3O2. The number of hydrogen-bond acceptors (Lipinski definition) is 3. The molecule has 1 unspecified atom stereocenters. The van der Waals surface area contributed by atoms with Crippen molar-refractivity contribution >= 4 is 23.2 Å². The highest BCUT2D eigenvalue weighted by molar-refractivity contribution is 6.39. The van der Waals surface area contributed by atoms with Gasteiger partial charge in [0.15, 0.2) is 0 Å². The van der Waals surface area contributed by atoms with Crippen molar-refractivity contribution in [3.05, 3.63) is 23.8 Å². The molecule has 0 aromatic heterocycles. The number of nitrogens with two attached hydrogens (primary N) is 1. The van der Waals surface area contributed by atoms with E-state index in [1.165, 1.54) is 0 Å². The van der Waals surface area contributed by atoms with E-state index in [1.54, 1.807) is 17.0 Å². The fourth-order valence-electron chi connectivity index (χ4n) is 2.48. The number of rotatable bonds is 1. The maximum absolute atomic E-state index is 12.2. The molecular weight excluding hydrogens is 254 g/mol. The molecule has 1 fully saturated rings. The number of hydrogen-bond donors (Lipinski definition) is 2. The molecule has 1 aromatic rings. The molecule has 2 rings (SSSR count). The van der Waals surface area contributed by atoms with Crippen LogP contribution in [0, 0.1) is 6.92 Å². The minimum atomic E-state index is -0.615. The highest BCUT2D eigenvalue weighted by atomic mass is 16.2. The Morgan fingerprint density at radius 1 is 1.35 bits per heavy atom. The zero-order valence-electron chi connectivity index (χ0n) is 12.0. The van der Waals surface area contributed by atoms with E-state index >= 15 is 0 Å². The molecule has 0 radical (unpaired) electrons. The van der Waals surface area contributed by atoms with E-state index in [0.29, 0.717) is 17.9 Å². The molecule has 108 valence electrons. The van der Waals surface area contributed by atoms with Gasteiger partial charge in [0.2, 0.25) is 0 Å². The number of nitrogens with one attached hydrogen (secondary N) is 1. The number of aryl methyl sites for hydroxylation is 1. The molecule has 1 aliphatic rings. The van der Waals surface area contributed by atoms with Crippen molar-refractivity contribution in [2.24, 2.45) is 0 Å². The van der Waals surface area contributed by atoms with Crippen LogP contribution in [-0.2, 0) is 9.59 Å². The van der Waals surface area contributed by atoms with Crippen LogP contribution in [0.2, 0.25) is 0 Å². The van der Waals surface area contributed by atoms with Crippen molar-refractivity contribution in [2.45, 2.75) is 39.2 Å². The predicted octanol–water partition coefficient (Wildman–Crippen LogP) is 1.92. The van der Waals surface area contributed by atoms with Gasteiger partial charge in [-0.05, 0) is 50.8 Å². The third-order valence-electron chi connectivity index (χ3n) is 3.72. The van der Waals surface area contributed by atoms with Gasteiger partial charge >= 0.3 is 11.8 Å². The summed E-state index contributed by atoms with van der Waals surface area (Å²) in [7, 11) is 0. The third kappa shape index (κ3) is 3.10. The van der Waals surface area contributed by atoms with Crippen molar-refractivity contribution in [3.8, 4) is 0 Å². The maximum Gasteiger partial charge on any atom is 0.313 e. The van der Waals surface area contributed by atoms with Gasteiger partial charge < -0.3 is 16.0 Å². The minimum absolute atomic E-state index is 0.122. The summed E-state index contributed by atoms with van der Waals surface area (Å²) in [6.07, 6.45) is 3.01. The van der Waals surface area contributed by atoms with Gasteiger partial charge in [-0.1, -0.05) is 6.07 Å². The van der Waals surface area contributed by atoms with Crippen LogP contribution in [0.15, 0.2) is 18.2 Å². The van der Waals surface area contributed by atoms with Gasteiger partial charge in [0, 0.05) is 12.6 Å². The van der Waals surface area contributed by atoms with Gasteiger partial charge in [0.05, 0.1) is 11.4 Å². The van der Waals surface area contributed by atoms with Gasteiger partial charge in [0.1, 0.15) is 0 Å². The summed E-state index contributed by atoms with van der Waals surface area (Å²) in [6, 6.07) is 5.47. The average Bonchev–Trinajstić information content (AvgIpc) is 2.42. The molecule has 0 bridgehead atoms. The van der Waals surface area contributed by atoms with Crippen LogP contribution < -0.4 is 11.1 Å². The molecule has 1 aromatic carbocycles. The zero-order valence-corrected chi connectivity index (χ0v) is 12.0. The maximum atomic E-state index is 12.2. The second kappa shape index (κ2) is 5.94. The Labute approximate surface area is 119 Å². The third-order valence-corrected chi connectivity index (χ3v) is 3.72. The van der Waals surface area contributed by atoms with Crippen molar-refractivity contribution in [3.63, 3.8) is 0 Å². The summed E-state index contributed by atoms with van der Waals surface area (Å²) >= 11 is 0. The molecule has 5 nitrogen and oxygen atoms in total. The van der Waals surface area contributed by atoms with Gasteiger partial charge in [-0.2, -0.15) is 0 Å². The number of amides is 2. The van der Waals surface area contributed by atoms with Crippen molar-refractivity contribution in [1.29, 1.82) is 0 Å². The van der Waals surface area contributed by atoms with Crippen LogP contribution in [0.1, 0.15) is 31.7 Å². The predicted molar refractivity (Wildman–Crippen MR) is 79.2 cm³/mol. The first-order valence-corrected chi connectivity index (χ1v) is 6.97. The van der Waals surface area contributed by atoms with Crippen LogP contribution >= 0.6 is 0 Å². The Morgan fingerprint density at radius 3 is 2.80 bits per heavy atom. The SMILES string of the molecule is Cc1ccc(N)c(NC(=O)C(=O)N2CCCCC2C)c1. The number of likely N-dealkylation sites (tertiary alicyclic amines) is 1. The molecule has 0 aliphatic carbocycles. The van der Waals surface area contributed by atoms with Crippen LogP contribution in [-0.4, -0.2) is 29.3 Å². The number of piperidine rings is 1. The fourth-order valence-corrected chi connectivity index (χ4v) is 2.48. The lowest BCUT2D eigenvalue weighted by atomic mass is 10.0. The number of carbonyl (C=O) groups excluding carboxylic acids is 2. The van der Waals surface area contributed by atoms with E-state index in [-0.39, 0.29) is 6.04 Å². The first kappa shape index (κ1) is 14.4. The van der Waals surface area contributed by atoms with E-state index in [0.717, 1.165) is 24.8 Å². The molecule has 2 amide bonds. The van der Waals surface area contributed by atoms with E-state index in [9.17, 15) is 9.59 Å². The Morgan fingerprint density at radius 2 is 2.10 bits per heavy atom. The number of benzene rings is 1. The van der Waals surface area contributed by atoms with Crippen molar-refractivity contribution in [2.75, 3.05) is 17.6 Å². The fraction of sp³-hybridized carbons (Fsp3) is 0.467. The number of anilines is 2. The topological polar surface area (TPSA) is 75.4 Å². The molecule has 1 aliphatic heterocycles. The summed E-state index contributed by atoms with van der Waals surface area (Å²) in [4.78, 5) is 25.9. The lowest BCUT2D eigenvalue weighted by molar-refractivity contribution is -0.145. The first-order valence-electron chi connectivity index (χ1n) is 6.97. The van der Waals surface area contributed by atoms with Crippen LogP contribution in [0.5, 0.6) is 0 Å². The molecule has 3 N–H and O–H groups in total. The van der Waals surface area contributed by atoms with E-state index in [2.05, 4.69) is 5.32 Å². The van der Waals surface area contributed by atoms with Crippen molar-refractivity contribution < 1.29 is 9.59 Å². The molecule has 1 saturated heterocycles. The van der Waals surface area contributed by atoms with Gasteiger partial charge in [-0.25, -0.2) is 0 Å². The molecule has 0 spiro atoms. The average molecular weight is 275 g/mol. The lowest BCUT2D eigenvalue weighted by Gasteiger charge is -2.32. The Bertz CT molecular complexity index is 528. The second-order valence-corrected chi connectivity index (χ2v) is 5.39. The molecule has 1 atom stereocenters. The normalized spacial score (nSPS) is 18.7. The number of carbonyl (C=O) groups is 2. The summed E-state index contributed by atoms with van der Waals surface area (Å²) in [5.41, 5.74) is 7.74. The van der Waals surface area contributed by atoms with Crippen molar-refractivity contribution in [1.82, 2.24) is 4.90 Å². The smallest absolute Gasteiger partial charge is 0.313 e. The van der Waals surface area contributed by atoms with Crippen LogP contribution in [0.25, 0.3) is 0 Å². The highest BCUT2D eigenvalue weighted by Crippen LogP contribution is 2.21. The second-order valence-electron chi connectivity index (χ2n) is 5.39. The standard InChI is InChI=1S/C15H21N3O2/c1-10-6-7-12(16)13(9-10)17-14(19)15(20)18-8-4-3-5-11(18)2/h6-7,9,11H,3-5,8,16H2,1-2H3,(H,17,19). The molecule has 1 heterocycles. The minimum Gasteiger partial charge on any atom is -0.397 e. The summed E-state index contributed by atoms with van der Waals surface area (Å²) in [5.74, 6) is -1.09. The first-order chi connectivity index (χ1) is 9.49. The summed E-state index contributed by atoms with van der Waals surface area (Å²) < 4.78 is 0. The monoisotopic (exact) mass is 275 g/mol. The van der Waals surface area contributed by atoms with Gasteiger partial charge in [-0.3, -0.25) is 9.59 Å². The van der Waals surface area contributed by atoms with Crippen LogP contribution in [0.3, 0.4) is 0 Å². The number of nitrogen functional groups attached to an aromatic ring is 1. The molecule has 0 saturated carbocycles. The summed E-state index contributed by atoms with van der Waals surface area (Å²) in [5, 5.41) is 2.61. The van der Waals surface area contributed by atoms with Crippen LogP contribution in [0.4, 0.5) is 11.4 Å². The lowest BCUT2D eigenvalue weighted by Crippen LogP contribution is -2.47. The van der Waals surface area contributed by atoms with E-state index in [4.69, 9.17) is 5.73 Å². The Hall–Kier alpha value is -2.04. The van der Waals surface area contributed by atoms with E-state index in [1.807, 2.05) is 19.9 Å². The molecule has 20 heavy (non-hydrogen) atoms. The van der Waals surface area contributed by atoms with E-state index < -0.39 is 11.8 Å². The largest absolute Gasteiger partial charge is 0.397 e. The quantitative estimate of drug-likeness (QED) is 0.607. The Kier molecular flexibility index (Phi) is 4.27.